The number of rotatable bonds is 2. The largest absolute Gasteiger partial charge is 0.444 e. The maximum atomic E-state index is 12.4. The number of hydrogen-bond acceptors (Lipinski definition) is 5. The van der Waals surface area contributed by atoms with Gasteiger partial charge in [-0.15, -0.1) is 10.2 Å². The molecular weight excluding hydrogens is 374 g/mol. The maximum Gasteiger partial charge on any atom is 0.289 e. The van der Waals surface area contributed by atoms with E-state index in [9.17, 15) is 4.79 Å². The minimum Gasteiger partial charge on any atom is -0.444 e. The van der Waals surface area contributed by atoms with E-state index in [1.54, 1.807) is 12.1 Å². The van der Waals surface area contributed by atoms with Crippen LogP contribution in [-0.4, -0.2) is 43.7 Å². The molecule has 8 heteroatoms. The molecule has 1 aliphatic rings. The number of halogens is 1. The zero-order valence-corrected chi connectivity index (χ0v) is 14.7. The van der Waals surface area contributed by atoms with Crippen LogP contribution in [0.3, 0.4) is 0 Å². The summed E-state index contributed by atoms with van der Waals surface area (Å²) in [6, 6.07) is 7.27. The lowest BCUT2D eigenvalue weighted by atomic mass is 9.96. The zero-order valence-electron chi connectivity index (χ0n) is 13.1. The summed E-state index contributed by atoms with van der Waals surface area (Å²) in [5.74, 6) is 1.42. The average Bonchev–Trinajstić information content (AvgIpc) is 3.20. The highest BCUT2D eigenvalue weighted by molar-refractivity contribution is 9.10. The third-order valence-electron chi connectivity index (χ3n) is 4.35. The highest BCUT2D eigenvalue weighted by Gasteiger charge is 2.28. The highest BCUT2D eigenvalue weighted by atomic mass is 79.9. The van der Waals surface area contributed by atoms with E-state index in [-0.39, 0.29) is 11.8 Å². The van der Waals surface area contributed by atoms with Crippen molar-refractivity contribution in [2.75, 3.05) is 13.1 Å². The minimum absolute atomic E-state index is 0.0702. The van der Waals surface area contributed by atoms with Gasteiger partial charge in [-0.1, -0.05) is 0 Å². The van der Waals surface area contributed by atoms with Crippen molar-refractivity contribution in [3.8, 4) is 0 Å². The molecule has 0 radical (unpaired) electrons. The number of hydrogen-bond donors (Lipinski definition) is 0. The Bertz CT molecular complexity index is 895. The number of piperidine rings is 1. The molecule has 1 saturated heterocycles. The van der Waals surface area contributed by atoms with E-state index in [2.05, 4.69) is 31.2 Å². The van der Waals surface area contributed by atoms with Gasteiger partial charge in [-0.25, -0.2) is 0 Å². The number of nitrogens with zero attached hydrogens (tertiary/aromatic N) is 5. The molecule has 0 bridgehead atoms. The number of carbonyl (C=O) groups is 1. The second-order valence-electron chi connectivity index (χ2n) is 5.97. The highest BCUT2D eigenvalue weighted by Crippen LogP contribution is 2.28. The van der Waals surface area contributed by atoms with Gasteiger partial charge in [0.2, 0.25) is 0 Å². The van der Waals surface area contributed by atoms with Crippen molar-refractivity contribution in [2.24, 2.45) is 0 Å². The minimum atomic E-state index is -0.0702. The van der Waals surface area contributed by atoms with E-state index in [0.717, 1.165) is 30.0 Å². The summed E-state index contributed by atoms with van der Waals surface area (Å²) in [6.45, 7) is 3.29. The molecule has 0 atom stereocenters. The van der Waals surface area contributed by atoms with E-state index >= 15 is 0 Å². The Morgan fingerprint density at radius 2 is 2.00 bits per heavy atom. The van der Waals surface area contributed by atoms with Gasteiger partial charge in [-0.05, 0) is 60.0 Å². The fraction of sp³-hybridized carbons (Fsp3) is 0.375. The molecule has 124 valence electrons. The van der Waals surface area contributed by atoms with Crippen molar-refractivity contribution in [2.45, 2.75) is 25.7 Å². The van der Waals surface area contributed by atoms with Crippen molar-refractivity contribution in [3.05, 3.63) is 46.2 Å². The summed E-state index contributed by atoms with van der Waals surface area (Å²) in [5, 5.41) is 13.0. The van der Waals surface area contributed by atoms with Gasteiger partial charge < -0.3 is 9.32 Å². The normalized spacial score (nSPS) is 16.0. The second kappa shape index (κ2) is 6.01. The van der Waals surface area contributed by atoms with Gasteiger partial charge in [-0.2, -0.15) is 9.61 Å². The van der Waals surface area contributed by atoms with Gasteiger partial charge in [0.25, 0.3) is 5.91 Å². The number of aryl methyl sites for hydroxylation is 1. The van der Waals surface area contributed by atoms with Crippen LogP contribution in [0.25, 0.3) is 5.65 Å². The molecule has 0 N–H and O–H groups in total. The van der Waals surface area contributed by atoms with Crippen LogP contribution in [0.15, 0.2) is 33.4 Å². The molecular formula is C16H16BrN5O2. The first-order valence-corrected chi connectivity index (χ1v) is 8.64. The Labute approximate surface area is 146 Å². The number of amides is 1. The summed E-state index contributed by atoms with van der Waals surface area (Å²) in [7, 11) is 0. The summed E-state index contributed by atoms with van der Waals surface area (Å²) in [6.07, 6.45) is 1.67. The lowest BCUT2D eigenvalue weighted by molar-refractivity contribution is 0.0677. The molecule has 24 heavy (non-hydrogen) atoms. The third kappa shape index (κ3) is 2.71. The van der Waals surface area contributed by atoms with Crippen LogP contribution in [0.1, 0.15) is 40.8 Å². The fourth-order valence-electron chi connectivity index (χ4n) is 3.08. The van der Waals surface area contributed by atoms with Crippen LogP contribution in [0.4, 0.5) is 0 Å². The molecule has 1 aliphatic heterocycles. The Hall–Kier alpha value is -2.22. The first-order valence-electron chi connectivity index (χ1n) is 7.85. The lowest BCUT2D eigenvalue weighted by Gasteiger charge is -2.30. The van der Waals surface area contributed by atoms with E-state index in [1.165, 1.54) is 0 Å². The smallest absolute Gasteiger partial charge is 0.289 e. The van der Waals surface area contributed by atoms with Gasteiger partial charge in [0.05, 0.1) is 5.69 Å². The predicted molar refractivity (Wildman–Crippen MR) is 89.8 cm³/mol. The Morgan fingerprint density at radius 3 is 2.71 bits per heavy atom. The number of furan rings is 1. The van der Waals surface area contributed by atoms with Gasteiger partial charge in [0.15, 0.2) is 21.9 Å². The van der Waals surface area contributed by atoms with E-state index in [0.29, 0.717) is 23.5 Å². The number of fused-ring (bicyclic) bond motifs is 1. The molecule has 3 aromatic rings. The van der Waals surface area contributed by atoms with Crippen LogP contribution in [0, 0.1) is 6.92 Å². The standard InChI is InChI=1S/C16H16BrN5O2/c1-10-2-5-14-18-19-15(22(14)20-10)11-6-8-21(9-7-11)16(23)12-3-4-13(17)24-12/h2-5,11H,6-9H2,1H3. The zero-order chi connectivity index (χ0) is 16.7. The lowest BCUT2D eigenvalue weighted by Crippen LogP contribution is -2.38. The second-order valence-corrected chi connectivity index (χ2v) is 6.75. The topological polar surface area (TPSA) is 76.5 Å². The van der Waals surface area contributed by atoms with Gasteiger partial charge in [0.1, 0.15) is 0 Å². The monoisotopic (exact) mass is 389 g/mol. The SMILES string of the molecule is Cc1ccc2nnc(C3CCN(C(=O)c4ccc(Br)o4)CC3)n2n1. The molecule has 0 aliphatic carbocycles. The number of likely N-dealkylation sites (tertiary alicyclic amines) is 1. The van der Waals surface area contributed by atoms with Gasteiger partial charge in [-0.3, -0.25) is 4.79 Å². The van der Waals surface area contributed by atoms with Crippen LogP contribution < -0.4 is 0 Å². The molecule has 3 aromatic heterocycles. The number of carbonyl (C=O) groups excluding carboxylic acids is 1. The molecule has 1 amide bonds. The Balaban J connectivity index is 1.49. The summed E-state index contributed by atoms with van der Waals surface area (Å²) >= 11 is 3.23. The van der Waals surface area contributed by atoms with Crippen LogP contribution in [0.2, 0.25) is 0 Å². The van der Waals surface area contributed by atoms with Crippen LogP contribution in [-0.2, 0) is 0 Å². The van der Waals surface area contributed by atoms with Crippen molar-refractivity contribution in [3.63, 3.8) is 0 Å². The molecule has 0 spiro atoms. The summed E-state index contributed by atoms with van der Waals surface area (Å²) < 4.78 is 7.74. The Kier molecular flexibility index (Phi) is 3.84. The van der Waals surface area contributed by atoms with Gasteiger partial charge in [0, 0.05) is 19.0 Å². The summed E-state index contributed by atoms with van der Waals surface area (Å²) in [4.78, 5) is 14.3. The van der Waals surface area contributed by atoms with Crippen molar-refractivity contribution >= 4 is 27.5 Å². The van der Waals surface area contributed by atoms with E-state index in [4.69, 9.17) is 4.42 Å². The fourth-order valence-corrected chi connectivity index (χ4v) is 3.38. The Morgan fingerprint density at radius 1 is 1.21 bits per heavy atom. The average molecular weight is 390 g/mol. The molecule has 7 nitrogen and oxygen atoms in total. The molecule has 0 saturated carbocycles. The third-order valence-corrected chi connectivity index (χ3v) is 4.78. The van der Waals surface area contributed by atoms with Crippen LogP contribution in [0.5, 0.6) is 0 Å². The summed E-state index contributed by atoms with van der Waals surface area (Å²) in [5.41, 5.74) is 1.69. The van der Waals surface area contributed by atoms with Gasteiger partial charge >= 0.3 is 0 Å². The number of aromatic nitrogens is 4. The van der Waals surface area contributed by atoms with E-state index < -0.39 is 0 Å². The van der Waals surface area contributed by atoms with Crippen molar-refractivity contribution in [1.82, 2.24) is 24.7 Å². The molecule has 4 heterocycles. The molecule has 4 rings (SSSR count). The first kappa shape index (κ1) is 15.3. The molecule has 0 aromatic carbocycles. The first-order chi connectivity index (χ1) is 11.6. The molecule has 1 fully saturated rings. The van der Waals surface area contributed by atoms with Crippen molar-refractivity contribution < 1.29 is 9.21 Å². The molecule has 0 unspecified atom stereocenters. The maximum absolute atomic E-state index is 12.4. The quantitative estimate of drug-likeness (QED) is 0.673. The van der Waals surface area contributed by atoms with E-state index in [1.807, 2.05) is 28.5 Å². The van der Waals surface area contributed by atoms with Crippen LogP contribution >= 0.6 is 15.9 Å². The predicted octanol–water partition coefficient (Wildman–Crippen LogP) is 2.81. The van der Waals surface area contributed by atoms with Crippen molar-refractivity contribution in [1.29, 1.82) is 0 Å².